The van der Waals surface area contributed by atoms with Crippen molar-refractivity contribution in [2.45, 2.75) is 19.3 Å². The molecule has 2 aromatic carbocycles. The van der Waals surface area contributed by atoms with Crippen molar-refractivity contribution in [2.24, 2.45) is 0 Å². The van der Waals surface area contributed by atoms with Crippen LogP contribution in [0, 0.1) is 0 Å². The van der Waals surface area contributed by atoms with E-state index in [0.29, 0.717) is 6.61 Å². The number of piperazine rings is 1. The lowest BCUT2D eigenvalue weighted by atomic mass is 10.1. The van der Waals surface area contributed by atoms with Gasteiger partial charge in [-0.2, -0.15) is 0 Å². The SMILES string of the molecule is OCCCN1CCN(CCCCOc2ccccc2C=Cc2ccccc2)CC1. The second kappa shape index (κ2) is 12.4. The molecule has 1 fully saturated rings. The predicted octanol–water partition coefficient (Wildman–Crippen LogP) is 4.02. The highest BCUT2D eigenvalue weighted by molar-refractivity contribution is 5.72. The molecule has 0 unspecified atom stereocenters. The summed E-state index contributed by atoms with van der Waals surface area (Å²) >= 11 is 0. The number of ether oxygens (including phenoxy) is 1. The van der Waals surface area contributed by atoms with Crippen LogP contribution in [0.1, 0.15) is 30.4 Å². The van der Waals surface area contributed by atoms with E-state index in [1.165, 1.54) is 12.0 Å². The Bertz CT molecular complexity index is 725. The first-order chi connectivity index (χ1) is 14.3. The van der Waals surface area contributed by atoms with Crippen LogP contribution in [0.25, 0.3) is 12.2 Å². The summed E-state index contributed by atoms with van der Waals surface area (Å²) in [5.74, 6) is 0.956. The average Bonchev–Trinajstić information content (AvgIpc) is 2.78. The molecule has 4 nitrogen and oxygen atoms in total. The zero-order valence-corrected chi connectivity index (χ0v) is 17.4. The number of para-hydroxylation sites is 1. The van der Waals surface area contributed by atoms with E-state index in [1.54, 1.807) is 0 Å². The Morgan fingerprint density at radius 1 is 0.759 bits per heavy atom. The van der Waals surface area contributed by atoms with Gasteiger partial charge < -0.3 is 19.6 Å². The number of hydrogen-bond donors (Lipinski definition) is 1. The molecule has 1 saturated heterocycles. The number of hydrogen-bond acceptors (Lipinski definition) is 4. The van der Waals surface area contributed by atoms with Crippen LogP contribution in [0.2, 0.25) is 0 Å². The molecule has 0 saturated carbocycles. The smallest absolute Gasteiger partial charge is 0.126 e. The summed E-state index contributed by atoms with van der Waals surface area (Å²) in [5, 5.41) is 8.94. The normalized spacial score (nSPS) is 15.8. The monoisotopic (exact) mass is 394 g/mol. The molecule has 1 heterocycles. The zero-order chi connectivity index (χ0) is 20.2. The second-order valence-corrected chi connectivity index (χ2v) is 7.60. The third kappa shape index (κ3) is 7.65. The molecule has 0 amide bonds. The van der Waals surface area contributed by atoms with Crippen molar-refractivity contribution in [1.82, 2.24) is 9.80 Å². The molecule has 1 aliphatic heterocycles. The van der Waals surface area contributed by atoms with Gasteiger partial charge in [0.15, 0.2) is 0 Å². The van der Waals surface area contributed by atoms with Gasteiger partial charge in [0, 0.05) is 44.9 Å². The number of rotatable bonds is 11. The van der Waals surface area contributed by atoms with Crippen LogP contribution in [0.15, 0.2) is 54.6 Å². The minimum atomic E-state index is 0.297. The fourth-order valence-electron chi connectivity index (χ4n) is 3.65. The first-order valence-corrected chi connectivity index (χ1v) is 10.9. The summed E-state index contributed by atoms with van der Waals surface area (Å²) in [4.78, 5) is 5.00. The molecule has 156 valence electrons. The fraction of sp³-hybridized carbons (Fsp3) is 0.440. The number of nitrogens with zero attached hydrogens (tertiary/aromatic N) is 2. The Hall–Kier alpha value is -2.14. The van der Waals surface area contributed by atoms with Crippen LogP contribution >= 0.6 is 0 Å². The van der Waals surface area contributed by atoms with Crippen molar-refractivity contribution in [1.29, 1.82) is 0 Å². The highest BCUT2D eigenvalue weighted by Gasteiger charge is 2.15. The van der Waals surface area contributed by atoms with Crippen LogP contribution in [0.5, 0.6) is 5.75 Å². The molecule has 0 bridgehead atoms. The summed E-state index contributed by atoms with van der Waals surface area (Å²) in [6.45, 7) is 7.75. The molecule has 0 atom stereocenters. The van der Waals surface area contributed by atoms with Crippen molar-refractivity contribution in [3.05, 3.63) is 65.7 Å². The van der Waals surface area contributed by atoms with E-state index in [4.69, 9.17) is 9.84 Å². The Balaban J connectivity index is 1.35. The average molecular weight is 395 g/mol. The Labute approximate surface area is 175 Å². The van der Waals surface area contributed by atoms with E-state index in [0.717, 1.165) is 70.0 Å². The van der Waals surface area contributed by atoms with E-state index in [2.05, 4.69) is 64.4 Å². The number of unbranched alkanes of at least 4 members (excludes halogenated alkanes) is 1. The summed E-state index contributed by atoms with van der Waals surface area (Å²) in [6.07, 6.45) is 7.38. The summed E-state index contributed by atoms with van der Waals surface area (Å²) < 4.78 is 6.07. The molecule has 3 rings (SSSR count). The molecule has 2 aromatic rings. The van der Waals surface area contributed by atoms with Gasteiger partial charge in [-0.15, -0.1) is 0 Å². The minimum absolute atomic E-state index is 0.297. The van der Waals surface area contributed by atoms with Crippen LogP contribution in [-0.2, 0) is 0 Å². The molecule has 0 aromatic heterocycles. The summed E-state index contributed by atoms with van der Waals surface area (Å²) in [6, 6.07) is 18.6. The highest BCUT2D eigenvalue weighted by atomic mass is 16.5. The van der Waals surface area contributed by atoms with E-state index in [-0.39, 0.29) is 0 Å². The number of aliphatic hydroxyl groups excluding tert-OH is 1. The maximum Gasteiger partial charge on any atom is 0.126 e. The molecule has 1 aliphatic rings. The molecule has 0 spiro atoms. The van der Waals surface area contributed by atoms with Crippen molar-refractivity contribution < 1.29 is 9.84 Å². The van der Waals surface area contributed by atoms with Crippen molar-refractivity contribution in [2.75, 3.05) is 52.5 Å². The lowest BCUT2D eigenvalue weighted by molar-refractivity contribution is 0.122. The van der Waals surface area contributed by atoms with Crippen molar-refractivity contribution in [3.63, 3.8) is 0 Å². The van der Waals surface area contributed by atoms with Gasteiger partial charge in [0.05, 0.1) is 6.61 Å². The van der Waals surface area contributed by atoms with Crippen LogP contribution in [0.3, 0.4) is 0 Å². The van der Waals surface area contributed by atoms with E-state index in [1.807, 2.05) is 12.1 Å². The Morgan fingerprint density at radius 3 is 2.14 bits per heavy atom. The standard InChI is InChI=1S/C25H34N2O2/c28-21-8-16-27-19-17-26(18-20-27)15-6-7-22-29-25-12-5-4-11-24(25)14-13-23-9-2-1-3-10-23/h1-5,9-14,28H,6-8,15-22H2. The van der Waals surface area contributed by atoms with Crippen molar-refractivity contribution in [3.8, 4) is 5.75 Å². The van der Waals surface area contributed by atoms with E-state index >= 15 is 0 Å². The van der Waals surface area contributed by atoms with E-state index in [9.17, 15) is 0 Å². The summed E-state index contributed by atoms with van der Waals surface area (Å²) in [5.41, 5.74) is 2.31. The molecule has 1 N–H and O–H groups in total. The van der Waals surface area contributed by atoms with Gasteiger partial charge in [-0.05, 0) is 37.4 Å². The van der Waals surface area contributed by atoms with Gasteiger partial charge in [0.1, 0.15) is 5.75 Å². The Kier molecular flexibility index (Phi) is 9.24. The second-order valence-electron chi connectivity index (χ2n) is 7.60. The lowest BCUT2D eigenvalue weighted by Gasteiger charge is -2.34. The van der Waals surface area contributed by atoms with Crippen LogP contribution in [0.4, 0.5) is 0 Å². The molecular formula is C25H34N2O2. The van der Waals surface area contributed by atoms with Gasteiger partial charge in [-0.1, -0.05) is 60.7 Å². The quantitative estimate of drug-likeness (QED) is 0.461. The van der Waals surface area contributed by atoms with Crippen LogP contribution < -0.4 is 4.74 Å². The molecular weight excluding hydrogens is 360 g/mol. The first kappa shape index (κ1) is 21.6. The van der Waals surface area contributed by atoms with Crippen molar-refractivity contribution >= 4 is 12.2 Å². The molecule has 0 radical (unpaired) electrons. The van der Waals surface area contributed by atoms with Gasteiger partial charge in [0.25, 0.3) is 0 Å². The third-order valence-electron chi connectivity index (χ3n) is 5.40. The largest absolute Gasteiger partial charge is 0.493 e. The Morgan fingerprint density at radius 2 is 1.41 bits per heavy atom. The lowest BCUT2D eigenvalue weighted by Crippen LogP contribution is -2.46. The molecule has 4 heteroatoms. The molecule has 0 aliphatic carbocycles. The van der Waals surface area contributed by atoms with Gasteiger partial charge >= 0.3 is 0 Å². The predicted molar refractivity (Wildman–Crippen MR) is 121 cm³/mol. The van der Waals surface area contributed by atoms with E-state index < -0.39 is 0 Å². The highest BCUT2D eigenvalue weighted by Crippen LogP contribution is 2.21. The maximum atomic E-state index is 8.94. The minimum Gasteiger partial charge on any atom is -0.493 e. The fourth-order valence-corrected chi connectivity index (χ4v) is 3.65. The maximum absolute atomic E-state index is 8.94. The molecule has 29 heavy (non-hydrogen) atoms. The van der Waals surface area contributed by atoms with Gasteiger partial charge in [-0.25, -0.2) is 0 Å². The van der Waals surface area contributed by atoms with Gasteiger partial charge in [0.2, 0.25) is 0 Å². The third-order valence-corrected chi connectivity index (χ3v) is 5.40. The van der Waals surface area contributed by atoms with Gasteiger partial charge in [-0.3, -0.25) is 0 Å². The topological polar surface area (TPSA) is 35.9 Å². The zero-order valence-electron chi connectivity index (χ0n) is 17.4. The number of aliphatic hydroxyl groups is 1. The first-order valence-electron chi connectivity index (χ1n) is 10.9. The van der Waals surface area contributed by atoms with Crippen LogP contribution in [-0.4, -0.2) is 67.4 Å². The number of benzene rings is 2. The summed E-state index contributed by atoms with van der Waals surface area (Å²) in [7, 11) is 0.